The zero-order valence-electron chi connectivity index (χ0n) is 17.3. The number of aliphatic hydroxyl groups is 1. The first-order chi connectivity index (χ1) is 13.2. The number of hydrogen-bond acceptors (Lipinski definition) is 4. The van der Waals surface area contributed by atoms with Gasteiger partial charge in [-0.25, -0.2) is 4.79 Å². The topological polar surface area (TPSA) is 75.6 Å². The molecular weight excluding hydrogens is 342 g/mol. The molecule has 27 heavy (non-hydrogen) atoms. The van der Waals surface area contributed by atoms with Gasteiger partial charge in [0.1, 0.15) is 6.61 Å². The lowest BCUT2D eigenvalue weighted by Crippen LogP contribution is -2.30. The molecule has 0 radical (unpaired) electrons. The first-order valence-electron chi connectivity index (χ1n) is 10.9. The predicted octanol–water partition coefficient (Wildman–Crippen LogP) is 4.68. The Morgan fingerprint density at radius 3 is 1.89 bits per heavy atom. The third-order valence-electron chi connectivity index (χ3n) is 4.50. The highest BCUT2D eigenvalue weighted by molar-refractivity contribution is 5.80. The summed E-state index contributed by atoms with van der Waals surface area (Å²) < 4.78 is 4.53. The second kappa shape index (κ2) is 20.9. The van der Waals surface area contributed by atoms with Crippen LogP contribution in [0.15, 0.2) is 12.2 Å². The molecule has 0 unspecified atom stereocenters. The molecule has 0 saturated heterocycles. The van der Waals surface area contributed by atoms with E-state index < -0.39 is 12.6 Å². The summed E-state index contributed by atoms with van der Waals surface area (Å²) in [6.45, 7) is 1.86. The Morgan fingerprint density at radius 2 is 1.33 bits per heavy atom. The largest absolute Gasteiger partial charge is 0.454 e. The average molecular weight is 384 g/mol. The molecule has 5 heteroatoms. The monoisotopic (exact) mass is 383 g/mol. The number of amides is 1. The molecule has 0 aliphatic carbocycles. The summed E-state index contributed by atoms with van der Waals surface area (Å²) in [6.07, 6.45) is 22.3. The molecule has 5 nitrogen and oxygen atoms in total. The van der Waals surface area contributed by atoms with Crippen molar-refractivity contribution in [3.05, 3.63) is 12.2 Å². The van der Waals surface area contributed by atoms with Crippen LogP contribution in [0.3, 0.4) is 0 Å². The van der Waals surface area contributed by atoms with Gasteiger partial charge in [0.05, 0.1) is 0 Å². The maximum absolute atomic E-state index is 11.3. The molecule has 0 aliphatic heterocycles. The van der Waals surface area contributed by atoms with Gasteiger partial charge in [-0.1, -0.05) is 76.9 Å². The number of carbonyl (C=O) groups is 2. The number of rotatable bonds is 19. The Hall–Kier alpha value is -1.36. The molecule has 0 spiro atoms. The molecule has 0 aromatic rings. The molecule has 0 aromatic heterocycles. The van der Waals surface area contributed by atoms with Crippen LogP contribution in [-0.2, 0) is 14.3 Å². The van der Waals surface area contributed by atoms with E-state index >= 15 is 0 Å². The summed E-state index contributed by atoms with van der Waals surface area (Å²) in [5.41, 5.74) is 0. The van der Waals surface area contributed by atoms with E-state index in [4.69, 9.17) is 5.11 Å². The third kappa shape index (κ3) is 20.8. The first kappa shape index (κ1) is 25.6. The van der Waals surface area contributed by atoms with Gasteiger partial charge >= 0.3 is 5.97 Å². The Bertz CT molecular complexity index is 383. The van der Waals surface area contributed by atoms with Crippen LogP contribution in [0.5, 0.6) is 0 Å². The Morgan fingerprint density at radius 1 is 0.815 bits per heavy atom. The van der Waals surface area contributed by atoms with Crippen LogP contribution in [-0.4, -0.2) is 36.7 Å². The number of nitrogens with one attached hydrogen (secondary N) is 1. The van der Waals surface area contributed by atoms with Crippen LogP contribution in [0.1, 0.15) is 96.8 Å². The molecule has 0 atom stereocenters. The van der Waals surface area contributed by atoms with Crippen LogP contribution in [0.25, 0.3) is 0 Å². The standard InChI is InChI=1S/C22H41NO4/c1-2-3-4-5-6-7-8-9-10-11-12-13-14-15-16-17-18-23-21(25)20-27-22(26)19-24/h9-10,24H,2-8,11-20H2,1H3,(H,23,25). The zero-order valence-corrected chi connectivity index (χ0v) is 17.3. The third-order valence-corrected chi connectivity index (χ3v) is 4.50. The Labute approximate surface area is 165 Å². The van der Waals surface area contributed by atoms with Crippen LogP contribution < -0.4 is 5.32 Å². The van der Waals surface area contributed by atoms with E-state index in [1.54, 1.807) is 0 Å². The number of allylic oxidation sites excluding steroid dienone is 2. The summed E-state index contributed by atoms with van der Waals surface area (Å²) >= 11 is 0. The van der Waals surface area contributed by atoms with Gasteiger partial charge in [0, 0.05) is 6.54 Å². The fourth-order valence-electron chi connectivity index (χ4n) is 2.84. The summed E-state index contributed by atoms with van der Waals surface area (Å²) in [6, 6.07) is 0. The van der Waals surface area contributed by atoms with E-state index in [1.807, 2.05) is 0 Å². The minimum Gasteiger partial charge on any atom is -0.454 e. The second-order valence-electron chi connectivity index (χ2n) is 7.11. The van der Waals surface area contributed by atoms with Crippen molar-refractivity contribution >= 4 is 11.9 Å². The Kier molecular flexibility index (Phi) is 19.9. The molecule has 0 aromatic carbocycles. The second-order valence-corrected chi connectivity index (χ2v) is 7.11. The molecule has 0 fully saturated rings. The quantitative estimate of drug-likeness (QED) is 0.193. The summed E-state index contributed by atoms with van der Waals surface area (Å²) in [5.74, 6) is -1.09. The van der Waals surface area contributed by atoms with Gasteiger partial charge in [-0.2, -0.15) is 0 Å². The van der Waals surface area contributed by atoms with Crippen molar-refractivity contribution in [3.8, 4) is 0 Å². The highest BCUT2D eigenvalue weighted by Gasteiger charge is 2.05. The average Bonchev–Trinajstić information content (AvgIpc) is 2.68. The lowest BCUT2D eigenvalue weighted by molar-refractivity contribution is -0.151. The summed E-state index contributed by atoms with van der Waals surface area (Å²) in [5, 5.41) is 11.2. The van der Waals surface area contributed by atoms with Gasteiger partial charge in [-0.15, -0.1) is 0 Å². The van der Waals surface area contributed by atoms with Gasteiger partial charge in [0.2, 0.25) is 0 Å². The summed E-state index contributed by atoms with van der Waals surface area (Å²) in [4.78, 5) is 22.0. The van der Waals surface area contributed by atoms with E-state index in [2.05, 4.69) is 29.1 Å². The van der Waals surface area contributed by atoms with Crippen LogP contribution in [0.4, 0.5) is 0 Å². The van der Waals surface area contributed by atoms with Crippen molar-refractivity contribution in [2.75, 3.05) is 19.8 Å². The lowest BCUT2D eigenvalue weighted by Gasteiger charge is -2.05. The fraction of sp³-hybridized carbons (Fsp3) is 0.818. The molecule has 158 valence electrons. The van der Waals surface area contributed by atoms with E-state index in [1.165, 1.54) is 77.0 Å². The van der Waals surface area contributed by atoms with Gasteiger partial charge in [0.15, 0.2) is 6.61 Å². The zero-order chi connectivity index (χ0) is 20.0. The summed E-state index contributed by atoms with van der Waals surface area (Å²) in [7, 11) is 0. The van der Waals surface area contributed by atoms with Crippen molar-refractivity contribution in [2.24, 2.45) is 0 Å². The molecule has 0 aliphatic rings. The maximum atomic E-state index is 11.3. The smallest absolute Gasteiger partial charge is 0.332 e. The lowest BCUT2D eigenvalue weighted by atomic mass is 10.1. The van der Waals surface area contributed by atoms with Gasteiger partial charge in [0.25, 0.3) is 5.91 Å². The fourth-order valence-corrected chi connectivity index (χ4v) is 2.84. The van der Waals surface area contributed by atoms with E-state index in [0.29, 0.717) is 6.54 Å². The molecular formula is C22H41NO4. The number of unbranched alkanes of at least 4 members (excludes halogenated alkanes) is 12. The number of esters is 1. The van der Waals surface area contributed by atoms with Gasteiger partial charge in [-0.05, 0) is 32.1 Å². The number of hydrogen-bond donors (Lipinski definition) is 2. The van der Waals surface area contributed by atoms with E-state index in [-0.39, 0.29) is 12.5 Å². The SMILES string of the molecule is CCCCCCCCC=CCCCCCCCCNC(=O)COC(=O)CO. The van der Waals surface area contributed by atoms with Crippen molar-refractivity contribution in [1.82, 2.24) is 5.32 Å². The van der Waals surface area contributed by atoms with Crippen molar-refractivity contribution in [2.45, 2.75) is 96.8 Å². The van der Waals surface area contributed by atoms with E-state index in [9.17, 15) is 9.59 Å². The molecule has 1 amide bonds. The maximum Gasteiger partial charge on any atom is 0.332 e. The number of carbonyl (C=O) groups excluding carboxylic acids is 2. The number of ether oxygens (including phenoxy) is 1. The van der Waals surface area contributed by atoms with Crippen LogP contribution >= 0.6 is 0 Å². The van der Waals surface area contributed by atoms with Crippen molar-refractivity contribution < 1.29 is 19.4 Å². The molecule has 0 bridgehead atoms. The minimum absolute atomic E-state index is 0.314. The highest BCUT2D eigenvalue weighted by atomic mass is 16.5. The van der Waals surface area contributed by atoms with E-state index in [0.717, 1.165) is 12.8 Å². The first-order valence-corrected chi connectivity index (χ1v) is 10.9. The van der Waals surface area contributed by atoms with Crippen LogP contribution in [0.2, 0.25) is 0 Å². The molecule has 0 saturated carbocycles. The van der Waals surface area contributed by atoms with Gasteiger partial charge < -0.3 is 15.2 Å². The normalized spacial score (nSPS) is 11.0. The number of aliphatic hydroxyl groups excluding tert-OH is 1. The van der Waals surface area contributed by atoms with Crippen LogP contribution in [0, 0.1) is 0 Å². The predicted molar refractivity (Wildman–Crippen MR) is 111 cm³/mol. The molecule has 0 rings (SSSR count). The highest BCUT2D eigenvalue weighted by Crippen LogP contribution is 2.09. The van der Waals surface area contributed by atoms with Gasteiger partial charge in [-0.3, -0.25) is 4.79 Å². The van der Waals surface area contributed by atoms with Crippen molar-refractivity contribution in [3.63, 3.8) is 0 Å². The molecule has 0 heterocycles. The minimum atomic E-state index is -0.776. The van der Waals surface area contributed by atoms with Crippen molar-refractivity contribution in [1.29, 1.82) is 0 Å². The Balaban J connectivity index is 3.21. The molecule has 2 N–H and O–H groups in total.